The molecule has 2 atom stereocenters. The monoisotopic (exact) mass is 477 g/mol. The van der Waals surface area contributed by atoms with Crippen molar-refractivity contribution in [1.29, 1.82) is 0 Å². The van der Waals surface area contributed by atoms with Crippen LogP contribution in [0, 0.1) is 5.82 Å². The van der Waals surface area contributed by atoms with Gasteiger partial charge in [-0.25, -0.2) is 4.39 Å². The number of hydrogen-bond donors (Lipinski definition) is 1. The van der Waals surface area contributed by atoms with Crippen molar-refractivity contribution in [1.82, 2.24) is 9.88 Å². The van der Waals surface area contributed by atoms with Gasteiger partial charge >= 0.3 is 0 Å². The van der Waals surface area contributed by atoms with Crippen molar-refractivity contribution in [2.45, 2.75) is 18.5 Å². The number of halogens is 1. The van der Waals surface area contributed by atoms with Crippen molar-refractivity contribution in [3.05, 3.63) is 114 Å². The molecule has 170 valence electrons. The van der Waals surface area contributed by atoms with E-state index in [0.717, 1.165) is 44.2 Å². The number of aromatic amines is 1. The second-order valence-electron chi connectivity index (χ2n) is 9.10. The molecule has 35 heavy (non-hydrogen) atoms. The highest BCUT2D eigenvalue weighted by Gasteiger charge is 2.51. The number of H-pyrrole nitrogens is 1. The number of hydrogen-bond acceptors (Lipinski definition) is 2. The van der Waals surface area contributed by atoms with Gasteiger partial charge in [0.2, 0.25) is 0 Å². The van der Waals surface area contributed by atoms with Gasteiger partial charge in [0.25, 0.3) is 5.91 Å². The van der Waals surface area contributed by atoms with Gasteiger partial charge in [0.1, 0.15) is 11.9 Å². The summed E-state index contributed by atoms with van der Waals surface area (Å²) in [5.41, 5.74) is 4.82. The Morgan fingerprint density at radius 3 is 2.40 bits per heavy atom. The smallest absolute Gasteiger partial charge is 0.256 e. The first kappa shape index (κ1) is 20.4. The van der Waals surface area contributed by atoms with E-state index in [1.54, 1.807) is 17.0 Å². The number of carbonyl (C=O) groups is 1. The first-order valence-electron chi connectivity index (χ1n) is 11.6. The number of amides is 1. The number of para-hydroxylation sites is 1. The van der Waals surface area contributed by atoms with Gasteiger partial charge in [-0.05, 0) is 53.0 Å². The molecule has 0 aliphatic carbocycles. The number of anilines is 1. The fourth-order valence-corrected chi connectivity index (χ4v) is 6.11. The predicted octanol–water partition coefficient (Wildman–Crippen LogP) is 6.11. The molecule has 5 aromatic rings. The Kier molecular flexibility index (Phi) is 4.35. The van der Waals surface area contributed by atoms with E-state index < -0.39 is 6.04 Å². The van der Waals surface area contributed by atoms with Crippen LogP contribution in [0.1, 0.15) is 22.9 Å². The molecule has 1 amide bonds. The number of nitrogens with zero attached hydrogens (tertiary/aromatic N) is 2. The first-order chi connectivity index (χ1) is 17.1. The van der Waals surface area contributed by atoms with Gasteiger partial charge in [-0.1, -0.05) is 66.7 Å². The molecule has 3 heterocycles. The molecule has 1 saturated heterocycles. The second-order valence-corrected chi connectivity index (χ2v) is 9.46. The van der Waals surface area contributed by atoms with Gasteiger partial charge in [-0.3, -0.25) is 9.69 Å². The minimum atomic E-state index is -0.441. The summed E-state index contributed by atoms with van der Waals surface area (Å²) in [5.74, 6) is -0.329. The fraction of sp³-hybridized carbons (Fsp3) is 0.103. The van der Waals surface area contributed by atoms with Crippen molar-refractivity contribution in [2.75, 3.05) is 4.90 Å². The van der Waals surface area contributed by atoms with E-state index in [1.165, 1.54) is 12.1 Å². The number of fused-ring (bicyclic) bond motifs is 5. The molecule has 0 saturated carbocycles. The van der Waals surface area contributed by atoms with Gasteiger partial charge < -0.3 is 9.88 Å². The van der Waals surface area contributed by atoms with Crippen LogP contribution in [0.4, 0.5) is 10.1 Å². The third kappa shape index (κ3) is 2.90. The van der Waals surface area contributed by atoms with E-state index in [4.69, 9.17) is 12.2 Å². The number of benzene rings is 4. The Morgan fingerprint density at radius 2 is 1.57 bits per heavy atom. The first-order valence-corrected chi connectivity index (χ1v) is 12.0. The molecular formula is C29H20FN3OS. The lowest BCUT2D eigenvalue weighted by molar-refractivity contribution is -0.120. The van der Waals surface area contributed by atoms with Crippen LogP contribution in [0.2, 0.25) is 0 Å². The third-order valence-corrected chi connectivity index (χ3v) is 7.64. The van der Waals surface area contributed by atoms with E-state index in [2.05, 4.69) is 11.1 Å². The molecule has 6 heteroatoms. The minimum Gasteiger partial charge on any atom is -0.356 e. The Bertz CT molecular complexity index is 1650. The molecule has 0 spiro atoms. The van der Waals surface area contributed by atoms with Gasteiger partial charge in [-0.2, -0.15) is 0 Å². The Labute approximate surface area is 206 Å². The molecule has 2 aliphatic heterocycles. The zero-order valence-corrected chi connectivity index (χ0v) is 19.4. The van der Waals surface area contributed by atoms with Crippen LogP contribution >= 0.6 is 12.2 Å². The van der Waals surface area contributed by atoms with Crippen molar-refractivity contribution in [3.8, 4) is 0 Å². The van der Waals surface area contributed by atoms with Crippen molar-refractivity contribution >= 4 is 50.6 Å². The lowest BCUT2D eigenvalue weighted by Crippen LogP contribution is -2.44. The summed E-state index contributed by atoms with van der Waals surface area (Å²) in [5, 5.41) is 3.61. The van der Waals surface area contributed by atoms with Crippen LogP contribution in [0.3, 0.4) is 0 Å². The average Bonchev–Trinajstić information content (AvgIpc) is 3.38. The molecule has 0 radical (unpaired) electrons. The SMILES string of the molecule is O=C1[C@H]2Cc3c([nH]c4ccccc34)[C@H](c3ccc(F)cc3)N2C(=S)N1c1cccc2ccccc12. The summed E-state index contributed by atoms with van der Waals surface area (Å²) in [6.07, 6.45) is 0.553. The molecule has 1 aromatic heterocycles. The number of thiocarbonyl (C=S) groups is 1. The maximum absolute atomic E-state index is 14.0. The zero-order valence-electron chi connectivity index (χ0n) is 18.6. The van der Waals surface area contributed by atoms with Gasteiger partial charge in [0.05, 0.1) is 11.7 Å². The fourth-order valence-electron chi connectivity index (χ4n) is 5.69. The Morgan fingerprint density at radius 1 is 0.857 bits per heavy atom. The number of rotatable bonds is 2. The maximum Gasteiger partial charge on any atom is 0.256 e. The summed E-state index contributed by atoms with van der Waals surface area (Å²) in [6, 6.07) is 27.8. The standard InChI is InChI=1S/C29H20FN3OS/c30-19-14-12-18(13-15-19)27-26-22(21-9-3-4-10-23(21)31-26)16-25-28(34)33(29(35)32(25)27)24-11-5-7-17-6-1-2-8-20(17)24/h1-15,25,27,31H,16H2/t25-,27+/m1/s1. The average molecular weight is 478 g/mol. The lowest BCUT2D eigenvalue weighted by Gasteiger charge is -2.37. The number of nitrogens with one attached hydrogen (secondary N) is 1. The normalized spacial score (nSPS) is 19.5. The molecule has 4 aromatic carbocycles. The number of aromatic nitrogens is 1. The van der Waals surface area contributed by atoms with E-state index in [0.29, 0.717) is 11.5 Å². The molecule has 0 bridgehead atoms. The lowest BCUT2D eigenvalue weighted by atomic mass is 9.89. The van der Waals surface area contributed by atoms with Crippen LogP contribution in [-0.2, 0) is 11.2 Å². The van der Waals surface area contributed by atoms with Crippen LogP contribution in [0.15, 0.2) is 91.0 Å². The van der Waals surface area contributed by atoms with Gasteiger partial charge in [-0.15, -0.1) is 0 Å². The maximum atomic E-state index is 14.0. The van der Waals surface area contributed by atoms with Crippen molar-refractivity contribution in [2.24, 2.45) is 0 Å². The highest BCUT2D eigenvalue weighted by Crippen LogP contribution is 2.45. The summed E-state index contributed by atoms with van der Waals surface area (Å²) in [7, 11) is 0. The highest BCUT2D eigenvalue weighted by atomic mass is 32.1. The molecule has 1 fully saturated rings. The summed E-state index contributed by atoms with van der Waals surface area (Å²) in [6.45, 7) is 0. The van der Waals surface area contributed by atoms with Crippen LogP contribution < -0.4 is 4.90 Å². The van der Waals surface area contributed by atoms with Crippen molar-refractivity contribution in [3.63, 3.8) is 0 Å². The molecule has 7 rings (SSSR count). The Hall–Kier alpha value is -4.03. The quantitative estimate of drug-likeness (QED) is 0.312. The van der Waals surface area contributed by atoms with E-state index in [-0.39, 0.29) is 17.8 Å². The van der Waals surface area contributed by atoms with E-state index >= 15 is 0 Å². The summed E-state index contributed by atoms with van der Waals surface area (Å²) >= 11 is 6.02. The molecule has 4 nitrogen and oxygen atoms in total. The van der Waals surface area contributed by atoms with E-state index in [9.17, 15) is 9.18 Å². The number of carbonyl (C=O) groups excluding carboxylic acids is 1. The van der Waals surface area contributed by atoms with Crippen molar-refractivity contribution < 1.29 is 9.18 Å². The van der Waals surface area contributed by atoms with Gasteiger partial charge in [0.15, 0.2) is 5.11 Å². The molecule has 0 unspecified atom stereocenters. The van der Waals surface area contributed by atoms with Gasteiger partial charge in [0, 0.05) is 28.4 Å². The largest absolute Gasteiger partial charge is 0.356 e. The van der Waals surface area contributed by atoms with Crippen LogP contribution in [0.5, 0.6) is 0 Å². The summed E-state index contributed by atoms with van der Waals surface area (Å²) < 4.78 is 13.8. The summed E-state index contributed by atoms with van der Waals surface area (Å²) in [4.78, 5) is 21.3. The Balaban J connectivity index is 1.43. The van der Waals surface area contributed by atoms with Crippen LogP contribution in [0.25, 0.3) is 21.7 Å². The third-order valence-electron chi connectivity index (χ3n) is 7.24. The topological polar surface area (TPSA) is 39.3 Å². The highest BCUT2D eigenvalue weighted by molar-refractivity contribution is 7.80. The minimum absolute atomic E-state index is 0.0330. The van der Waals surface area contributed by atoms with Crippen LogP contribution in [-0.4, -0.2) is 26.9 Å². The second kappa shape index (κ2) is 7.48. The predicted molar refractivity (Wildman–Crippen MR) is 140 cm³/mol. The zero-order chi connectivity index (χ0) is 23.7. The molecular weight excluding hydrogens is 457 g/mol. The molecule has 2 aliphatic rings. The van der Waals surface area contributed by atoms with E-state index in [1.807, 2.05) is 65.6 Å². The molecule has 1 N–H and O–H groups in total.